The van der Waals surface area contributed by atoms with E-state index in [1.54, 1.807) is 0 Å². The standard InChI is InChI=1S/C18H30O2Si/c1-7-11-17(20-21(5,6)18(2,3)4)15-19-14-16-12-9-8-10-13-16/h7-10,12-13,17H,1,11,14-15H2,2-6H3/t17-/m0/s1. The molecule has 21 heavy (non-hydrogen) atoms. The number of rotatable bonds is 8. The Bertz CT molecular complexity index is 421. The molecule has 0 fully saturated rings. The molecule has 0 aliphatic carbocycles. The molecule has 0 bridgehead atoms. The Morgan fingerprint density at radius 2 is 1.81 bits per heavy atom. The maximum Gasteiger partial charge on any atom is 0.192 e. The van der Waals surface area contributed by atoms with Gasteiger partial charge in [-0.25, -0.2) is 0 Å². The van der Waals surface area contributed by atoms with E-state index in [-0.39, 0.29) is 11.1 Å². The fraction of sp³-hybridized carbons (Fsp3) is 0.556. The van der Waals surface area contributed by atoms with Gasteiger partial charge in [-0.3, -0.25) is 0 Å². The summed E-state index contributed by atoms with van der Waals surface area (Å²) < 4.78 is 12.3. The first-order valence-electron chi connectivity index (χ1n) is 7.66. The van der Waals surface area contributed by atoms with Crippen molar-refractivity contribution in [3.8, 4) is 0 Å². The van der Waals surface area contributed by atoms with Crippen molar-refractivity contribution < 1.29 is 9.16 Å². The van der Waals surface area contributed by atoms with Crippen LogP contribution >= 0.6 is 0 Å². The first kappa shape index (κ1) is 18.1. The highest BCUT2D eigenvalue weighted by atomic mass is 28.4. The minimum Gasteiger partial charge on any atom is -0.411 e. The molecule has 118 valence electrons. The Labute approximate surface area is 131 Å². The van der Waals surface area contributed by atoms with E-state index < -0.39 is 8.32 Å². The summed E-state index contributed by atoms with van der Waals surface area (Å²) in [5.74, 6) is 0. The summed E-state index contributed by atoms with van der Waals surface area (Å²) in [5.41, 5.74) is 1.20. The Balaban J connectivity index is 2.52. The highest BCUT2D eigenvalue weighted by Gasteiger charge is 2.38. The lowest BCUT2D eigenvalue weighted by Gasteiger charge is -2.39. The Kier molecular flexibility index (Phi) is 6.85. The first-order chi connectivity index (χ1) is 9.76. The second kappa shape index (κ2) is 7.92. The first-order valence-corrected chi connectivity index (χ1v) is 10.6. The monoisotopic (exact) mass is 306 g/mol. The highest BCUT2D eigenvalue weighted by molar-refractivity contribution is 6.74. The minimum absolute atomic E-state index is 0.104. The fourth-order valence-corrected chi connectivity index (χ4v) is 3.16. The third-order valence-corrected chi connectivity index (χ3v) is 8.65. The van der Waals surface area contributed by atoms with Crippen molar-refractivity contribution >= 4 is 8.32 Å². The molecule has 1 rings (SSSR count). The normalized spacial score (nSPS) is 14.0. The number of hydrogen-bond donors (Lipinski definition) is 0. The van der Waals surface area contributed by atoms with E-state index in [2.05, 4.69) is 52.6 Å². The van der Waals surface area contributed by atoms with E-state index in [0.29, 0.717) is 13.2 Å². The van der Waals surface area contributed by atoms with Crippen molar-refractivity contribution in [2.24, 2.45) is 0 Å². The van der Waals surface area contributed by atoms with Crippen LogP contribution in [0.3, 0.4) is 0 Å². The summed E-state index contributed by atoms with van der Waals surface area (Å²) in [7, 11) is -1.76. The van der Waals surface area contributed by atoms with Crippen molar-refractivity contribution in [1.29, 1.82) is 0 Å². The van der Waals surface area contributed by atoms with E-state index in [1.165, 1.54) is 5.56 Å². The Morgan fingerprint density at radius 1 is 1.19 bits per heavy atom. The topological polar surface area (TPSA) is 18.5 Å². The highest BCUT2D eigenvalue weighted by Crippen LogP contribution is 2.37. The van der Waals surface area contributed by atoms with Crippen LogP contribution in [0.1, 0.15) is 32.8 Å². The van der Waals surface area contributed by atoms with Gasteiger partial charge in [0.05, 0.1) is 19.3 Å². The molecular formula is C18H30O2Si. The predicted octanol–water partition coefficient (Wildman–Crippen LogP) is 5.17. The zero-order valence-corrected chi connectivity index (χ0v) is 15.2. The largest absolute Gasteiger partial charge is 0.411 e. The van der Waals surface area contributed by atoms with Gasteiger partial charge in [-0.1, -0.05) is 57.2 Å². The third kappa shape index (κ3) is 6.16. The molecule has 0 spiro atoms. The lowest BCUT2D eigenvalue weighted by atomic mass is 10.2. The quantitative estimate of drug-likeness (QED) is 0.487. The molecule has 0 aliphatic heterocycles. The van der Waals surface area contributed by atoms with Gasteiger partial charge in [-0.15, -0.1) is 6.58 Å². The van der Waals surface area contributed by atoms with E-state index in [9.17, 15) is 0 Å². The van der Waals surface area contributed by atoms with Crippen molar-refractivity contribution in [2.45, 2.75) is 58.0 Å². The lowest BCUT2D eigenvalue weighted by molar-refractivity contribution is 0.0359. The summed E-state index contributed by atoms with van der Waals surface area (Å²) in [6.07, 6.45) is 2.86. The van der Waals surface area contributed by atoms with Crippen LogP contribution in [0, 0.1) is 0 Å². The molecule has 1 atom stereocenters. The maximum absolute atomic E-state index is 6.42. The maximum atomic E-state index is 6.42. The van der Waals surface area contributed by atoms with Crippen LogP contribution in [0.2, 0.25) is 18.1 Å². The molecule has 1 aromatic carbocycles. The molecule has 0 unspecified atom stereocenters. The summed E-state index contributed by atoms with van der Waals surface area (Å²) in [5, 5.41) is 0.214. The SMILES string of the molecule is C=CC[C@@H](COCc1ccccc1)O[Si](C)(C)C(C)(C)C. The number of hydrogen-bond acceptors (Lipinski definition) is 2. The molecule has 0 aromatic heterocycles. The summed E-state index contributed by atoms with van der Waals surface area (Å²) >= 11 is 0. The second-order valence-electron chi connectivity index (χ2n) is 7.03. The van der Waals surface area contributed by atoms with Gasteiger partial charge in [0, 0.05) is 0 Å². The van der Waals surface area contributed by atoms with Crippen LogP contribution in [-0.4, -0.2) is 21.0 Å². The molecule has 2 nitrogen and oxygen atoms in total. The average Bonchev–Trinajstić information content (AvgIpc) is 2.38. The average molecular weight is 307 g/mol. The molecule has 0 saturated heterocycles. The van der Waals surface area contributed by atoms with Crippen LogP contribution in [0.4, 0.5) is 0 Å². The lowest BCUT2D eigenvalue weighted by Crippen LogP contribution is -2.45. The van der Waals surface area contributed by atoms with Crippen molar-refractivity contribution in [3.63, 3.8) is 0 Å². The third-order valence-electron chi connectivity index (χ3n) is 4.11. The zero-order chi connectivity index (χ0) is 15.9. The van der Waals surface area contributed by atoms with Gasteiger partial charge in [-0.2, -0.15) is 0 Å². The molecule has 0 amide bonds. The number of ether oxygens (including phenoxy) is 1. The van der Waals surface area contributed by atoms with Crippen molar-refractivity contribution in [1.82, 2.24) is 0 Å². The van der Waals surface area contributed by atoms with Crippen LogP contribution in [-0.2, 0) is 15.8 Å². The van der Waals surface area contributed by atoms with Gasteiger partial charge in [0.1, 0.15) is 0 Å². The zero-order valence-electron chi connectivity index (χ0n) is 14.2. The molecular weight excluding hydrogens is 276 g/mol. The van der Waals surface area contributed by atoms with Crippen LogP contribution in [0.5, 0.6) is 0 Å². The summed E-state index contributed by atoms with van der Waals surface area (Å²) in [4.78, 5) is 0. The van der Waals surface area contributed by atoms with Crippen LogP contribution in [0.25, 0.3) is 0 Å². The Hall–Kier alpha value is -0.903. The molecule has 1 aromatic rings. The second-order valence-corrected chi connectivity index (χ2v) is 11.8. The molecule has 3 heteroatoms. The van der Waals surface area contributed by atoms with Crippen molar-refractivity contribution in [3.05, 3.63) is 48.6 Å². The van der Waals surface area contributed by atoms with Gasteiger partial charge >= 0.3 is 0 Å². The van der Waals surface area contributed by atoms with Gasteiger partial charge in [0.25, 0.3) is 0 Å². The molecule has 0 N–H and O–H groups in total. The van der Waals surface area contributed by atoms with Crippen LogP contribution in [0.15, 0.2) is 43.0 Å². The van der Waals surface area contributed by atoms with Crippen molar-refractivity contribution in [2.75, 3.05) is 6.61 Å². The van der Waals surface area contributed by atoms with Gasteiger partial charge in [-0.05, 0) is 30.1 Å². The fourth-order valence-electron chi connectivity index (χ4n) is 1.81. The molecule has 0 aliphatic rings. The van der Waals surface area contributed by atoms with Crippen LogP contribution < -0.4 is 0 Å². The number of benzene rings is 1. The Morgan fingerprint density at radius 3 is 2.33 bits per heavy atom. The molecule has 0 radical (unpaired) electrons. The molecule has 0 heterocycles. The summed E-state index contributed by atoms with van der Waals surface area (Å²) in [6.45, 7) is 16.4. The smallest absolute Gasteiger partial charge is 0.192 e. The summed E-state index contributed by atoms with van der Waals surface area (Å²) in [6, 6.07) is 10.2. The molecule has 0 saturated carbocycles. The van der Waals surface area contributed by atoms with E-state index >= 15 is 0 Å². The van der Waals surface area contributed by atoms with E-state index in [4.69, 9.17) is 9.16 Å². The van der Waals surface area contributed by atoms with E-state index in [1.807, 2.05) is 24.3 Å². The van der Waals surface area contributed by atoms with Gasteiger partial charge in [0.2, 0.25) is 0 Å². The van der Waals surface area contributed by atoms with Gasteiger partial charge < -0.3 is 9.16 Å². The minimum atomic E-state index is -1.76. The van der Waals surface area contributed by atoms with Gasteiger partial charge in [0.15, 0.2) is 8.32 Å². The van der Waals surface area contributed by atoms with E-state index in [0.717, 1.165) is 6.42 Å². The predicted molar refractivity (Wildman–Crippen MR) is 93.0 cm³/mol.